The van der Waals surface area contributed by atoms with Crippen molar-refractivity contribution in [1.82, 2.24) is 24.7 Å². The van der Waals surface area contributed by atoms with Crippen molar-refractivity contribution in [2.24, 2.45) is 5.16 Å². The number of pyridine rings is 2. The minimum atomic E-state index is -5.06. The maximum atomic E-state index is 14.5. The van der Waals surface area contributed by atoms with Gasteiger partial charge in [-0.15, -0.1) is 0 Å². The number of hydrogen-bond donors (Lipinski definition) is 4. The van der Waals surface area contributed by atoms with Crippen molar-refractivity contribution >= 4 is 49.5 Å². The number of methoxy groups -OCH3 is 1. The zero-order valence-corrected chi connectivity index (χ0v) is 33.4. The quantitative estimate of drug-likeness (QED) is 0.150. The summed E-state index contributed by atoms with van der Waals surface area (Å²) in [5, 5.41) is 15.9. The van der Waals surface area contributed by atoms with E-state index >= 15 is 0 Å². The number of aromatic nitrogens is 2. The van der Waals surface area contributed by atoms with Gasteiger partial charge in [-0.1, -0.05) is 17.3 Å². The fourth-order valence-electron chi connectivity index (χ4n) is 7.10. The fourth-order valence-corrected chi connectivity index (χ4v) is 7.29. The van der Waals surface area contributed by atoms with E-state index < -0.39 is 116 Å². The Labute approximate surface area is 343 Å². The minimum Gasteiger partial charge on any atom is -0.482 e. The van der Waals surface area contributed by atoms with E-state index in [9.17, 15) is 47.2 Å². The first kappa shape index (κ1) is 44.1. The van der Waals surface area contributed by atoms with Gasteiger partial charge in [-0.3, -0.25) is 29.0 Å². The van der Waals surface area contributed by atoms with Gasteiger partial charge in [0.15, 0.2) is 11.3 Å². The molecule has 2 aromatic heterocycles. The molecule has 326 valence electrons. The Morgan fingerprint density at radius 1 is 1.13 bits per heavy atom. The maximum absolute atomic E-state index is 14.5. The number of carbonyl (C=O) groups is 5. The number of ether oxygens (including phenoxy) is 3. The van der Waals surface area contributed by atoms with Crippen molar-refractivity contribution in [2.45, 2.75) is 57.0 Å². The number of fused-ring (bicyclic) bond motifs is 5. The van der Waals surface area contributed by atoms with Gasteiger partial charge in [0.25, 0.3) is 11.8 Å². The molecule has 1 saturated heterocycles. The maximum Gasteiger partial charge on any atom is 0.472 e. The van der Waals surface area contributed by atoms with Crippen LogP contribution in [0.3, 0.4) is 0 Å². The Hall–Kier alpha value is -6.49. The molecule has 1 spiro atoms. The van der Waals surface area contributed by atoms with E-state index in [1.165, 1.54) is 34.9 Å². The van der Waals surface area contributed by atoms with E-state index in [0.717, 1.165) is 30.3 Å². The van der Waals surface area contributed by atoms with Crippen LogP contribution in [0.25, 0.3) is 0 Å². The average Bonchev–Trinajstić information content (AvgIpc) is 3.58. The van der Waals surface area contributed by atoms with Crippen LogP contribution in [0.5, 0.6) is 5.75 Å². The van der Waals surface area contributed by atoms with E-state index in [2.05, 4.69) is 24.7 Å². The number of nitrogens with zero attached hydrogens (tertiary/aromatic N) is 6. The Morgan fingerprint density at radius 2 is 1.89 bits per heavy atom. The summed E-state index contributed by atoms with van der Waals surface area (Å²) in [4.78, 5) is 112. The third-order valence-corrected chi connectivity index (χ3v) is 10.6. The molecule has 0 radical (unpaired) electrons. The predicted octanol–water partition coefficient (Wildman–Crippen LogP) is 2.47. The van der Waals surface area contributed by atoms with Crippen LogP contribution in [0.4, 0.5) is 24.2 Å². The van der Waals surface area contributed by atoms with Crippen LogP contribution in [-0.4, -0.2) is 116 Å². The van der Waals surface area contributed by atoms with Gasteiger partial charge in [0.2, 0.25) is 23.9 Å². The van der Waals surface area contributed by atoms with Crippen molar-refractivity contribution in [1.29, 1.82) is 0 Å². The molecule has 0 saturated carbocycles. The van der Waals surface area contributed by atoms with Crippen LogP contribution in [-0.2, 0) is 41.3 Å². The highest BCUT2D eigenvalue weighted by Crippen LogP contribution is 2.46. The third-order valence-electron chi connectivity index (χ3n) is 10.2. The lowest BCUT2D eigenvalue weighted by atomic mass is 9.85. The summed E-state index contributed by atoms with van der Waals surface area (Å²) in [6, 6.07) is 4.11. The lowest BCUT2D eigenvalue weighted by Gasteiger charge is -2.42. The fraction of sp³-hybridized carbons (Fsp3) is 0.389. The predicted molar refractivity (Wildman–Crippen MR) is 201 cm³/mol. The molecule has 1 fully saturated rings. The van der Waals surface area contributed by atoms with Gasteiger partial charge in [-0.05, 0) is 31.9 Å². The molecule has 1 aromatic carbocycles. The second-order valence-electron chi connectivity index (χ2n) is 14.1. The lowest BCUT2D eigenvalue weighted by molar-refractivity contribution is -0.138. The monoisotopic (exact) mass is 877 g/mol. The molecule has 3 aliphatic rings. The molecule has 5 heterocycles. The van der Waals surface area contributed by atoms with Crippen LogP contribution in [0.2, 0.25) is 0 Å². The molecule has 25 heteroatoms. The summed E-state index contributed by atoms with van der Waals surface area (Å²) in [5.41, 5.74) is -3.60. The van der Waals surface area contributed by atoms with Crippen molar-refractivity contribution in [2.75, 3.05) is 38.9 Å². The second kappa shape index (κ2) is 17.6. The Kier molecular flexibility index (Phi) is 12.7. The smallest absolute Gasteiger partial charge is 0.472 e. The summed E-state index contributed by atoms with van der Waals surface area (Å²) >= 11 is 0. The van der Waals surface area contributed by atoms with Gasteiger partial charge in [0.05, 0.1) is 26.1 Å². The van der Waals surface area contributed by atoms with Gasteiger partial charge in [-0.25, -0.2) is 32.4 Å². The molecule has 6 rings (SSSR count). The highest BCUT2D eigenvalue weighted by molar-refractivity contribution is 7.46. The Morgan fingerprint density at radius 3 is 2.56 bits per heavy atom. The molecule has 61 heavy (non-hydrogen) atoms. The van der Waals surface area contributed by atoms with Crippen LogP contribution in [0.15, 0.2) is 52.7 Å². The number of benzene rings is 1. The van der Waals surface area contributed by atoms with Gasteiger partial charge < -0.3 is 48.7 Å². The number of hydrogen-bond acceptors (Lipinski definition) is 14. The molecule has 3 aliphatic heterocycles. The van der Waals surface area contributed by atoms with E-state index in [1.807, 2.05) is 0 Å². The largest absolute Gasteiger partial charge is 0.482 e. The number of carboxylic acids is 1. The molecule has 22 nitrogen and oxygen atoms in total. The second-order valence-corrected chi connectivity index (χ2v) is 15.3. The topological polar surface area (TPSA) is 278 Å². The number of aliphatic carboxylic acids is 1. The summed E-state index contributed by atoms with van der Waals surface area (Å²) in [6.45, 7) is -1.57. The number of nitrogens with one attached hydrogen (secondary N) is 1. The van der Waals surface area contributed by atoms with Crippen LogP contribution in [0, 0.1) is 11.6 Å². The number of amides is 4. The summed E-state index contributed by atoms with van der Waals surface area (Å²) < 4.78 is 60.2. The van der Waals surface area contributed by atoms with Gasteiger partial charge in [0, 0.05) is 55.8 Å². The summed E-state index contributed by atoms with van der Waals surface area (Å²) in [6.07, 6.45) is 0.468. The first-order valence-corrected chi connectivity index (χ1v) is 19.7. The number of carbonyl (C=O) groups excluding carboxylic acids is 4. The molecule has 4 amide bonds. The van der Waals surface area contributed by atoms with Crippen LogP contribution < -0.4 is 20.4 Å². The average molecular weight is 878 g/mol. The number of rotatable bonds is 12. The number of halogens is 2. The molecule has 3 aromatic rings. The summed E-state index contributed by atoms with van der Waals surface area (Å²) in [5.74, 6) is -6.07. The molecule has 0 aliphatic carbocycles. The first-order valence-electron chi connectivity index (χ1n) is 18.2. The highest BCUT2D eigenvalue weighted by atomic mass is 31.2. The normalized spacial score (nSPS) is 19.2. The number of phosphoric ester groups is 1. The Bertz CT molecular complexity index is 2410. The zero-order chi connectivity index (χ0) is 44.4. The standard InChI is InChI=1S/C36H38F2N7O15P/c1-19-8-9-36(12-26(56-3)41-60-36)25-16-44(19)33(50)28-30(29(48)23(15-45(25)28)32(49)40-13-20-6-7-22(37)11-24(20)38)59-34(51)42(2)31-21(5-4-10-39-31)14-43(17-27(46)47)35(52)57-18-58-61(53,54)55/h4-7,10-11,15,19,25H,8-9,12-14,16-18H2,1-3H3,(H,40,49)(H,46,47)(H2,53,54,55)/t19-,25+,36-/m0/s1. The number of phosphoric acid groups is 1. The van der Waals surface area contributed by atoms with E-state index in [-0.39, 0.29) is 35.8 Å². The highest BCUT2D eigenvalue weighted by Gasteiger charge is 2.55. The van der Waals surface area contributed by atoms with Crippen molar-refractivity contribution in [3.8, 4) is 5.75 Å². The number of anilines is 1. The third kappa shape index (κ3) is 9.46. The van der Waals surface area contributed by atoms with Crippen molar-refractivity contribution < 1.29 is 75.8 Å². The number of oxime groups is 1. The van der Waals surface area contributed by atoms with Gasteiger partial charge in [0.1, 0.15) is 29.6 Å². The molecular weight excluding hydrogens is 839 g/mol. The van der Waals surface area contributed by atoms with Crippen LogP contribution in [0.1, 0.15) is 64.2 Å². The van der Waals surface area contributed by atoms with Crippen molar-refractivity contribution in [3.05, 3.63) is 87.0 Å². The van der Waals surface area contributed by atoms with Gasteiger partial charge in [-0.2, -0.15) is 0 Å². The van der Waals surface area contributed by atoms with Crippen molar-refractivity contribution in [3.63, 3.8) is 0 Å². The first-order chi connectivity index (χ1) is 28.8. The molecule has 4 N–H and O–H groups in total. The number of carboxylic acid groups (broad SMARTS) is 1. The SMILES string of the molecule is COC1=NO[C@@]2(CC[C@H](C)N3C[C@H]2n2cc(C(=O)NCc4ccc(F)cc4F)c(=O)c(OC(=O)N(C)c4ncccc4CN(CC(=O)O)C(=O)OCOP(=O)(O)O)c2C3=O)C1. The molecule has 0 unspecified atom stereocenters. The molecular formula is C36H38F2N7O15P. The van der Waals surface area contributed by atoms with E-state index in [0.29, 0.717) is 23.8 Å². The Balaban J connectivity index is 1.38. The lowest BCUT2D eigenvalue weighted by Crippen LogP contribution is -2.53. The van der Waals surface area contributed by atoms with E-state index in [4.69, 9.17) is 24.1 Å². The summed E-state index contributed by atoms with van der Waals surface area (Å²) in [7, 11) is -2.53. The van der Waals surface area contributed by atoms with Gasteiger partial charge >= 0.3 is 26.0 Å². The van der Waals surface area contributed by atoms with E-state index in [1.54, 1.807) is 6.92 Å². The zero-order valence-electron chi connectivity index (χ0n) is 32.5. The minimum absolute atomic E-state index is 0.00716. The molecule has 2 bridgehead atoms. The molecule has 3 atom stereocenters. The van der Waals surface area contributed by atoms with Crippen LogP contribution >= 0.6 is 7.82 Å².